The fourth-order valence-electron chi connectivity index (χ4n) is 6.54. The lowest BCUT2D eigenvalue weighted by Crippen LogP contribution is -2.38. The second-order valence-electron chi connectivity index (χ2n) is 14.6. The Morgan fingerprint density at radius 3 is 1.50 bits per heavy atom. The molecule has 1 aromatic carbocycles. The van der Waals surface area contributed by atoms with E-state index in [4.69, 9.17) is 14.7 Å². The van der Waals surface area contributed by atoms with Gasteiger partial charge in [-0.25, -0.2) is 0 Å². The first-order chi connectivity index (χ1) is 25.4. The quantitative estimate of drug-likeness (QED) is 0.0261. The van der Waals surface area contributed by atoms with Crippen LogP contribution < -0.4 is 21.5 Å². The number of hydrogen-bond donors (Lipinski definition) is 3. The van der Waals surface area contributed by atoms with Crippen LogP contribution in [-0.4, -0.2) is 61.0 Å². The molecule has 0 aliphatic rings. The molecular weight excluding hydrogens is 658 g/mol. The summed E-state index contributed by atoms with van der Waals surface area (Å²) in [5, 5.41) is 16.6. The first-order valence-corrected chi connectivity index (χ1v) is 21.4. The topological polar surface area (TPSA) is 134 Å². The van der Waals surface area contributed by atoms with Gasteiger partial charge in [-0.2, -0.15) is 0 Å². The van der Waals surface area contributed by atoms with Gasteiger partial charge in [0, 0.05) is 39.0 Å². The third-order valence-corrected chi connectivity index (χ3v) is 9.77. The Bertz CT molecular complexity index is 1070. The van der Waals surface area contributed by atoms with E-state index in [0.717, 1.165) is 83.5 Å². The highest BCUT2D eigenvalue weighted by molar-refractivity contribution is 5.74. The molecule has 10 heteroatoms. The molecule has 0 saturated carbocycles. The number of unbranched alkanes of at least 4 members (excludes halogenated alkanes) is 18. The third-order valence-electron chi connectivity index (χ3n) is 9.77. The monoisotopic (exact) mass is 736 g/mol. The second-order valence-corrected chi connectivity index (χ2v) is 14.6. The summed E-state index contributed by atoms with van der Waals surface area (Å²) in [4.78, 5) is 54.9. The van der Waals surface area contributed by atoms with Gasteiger partial charge in [-0.3, -0.25) is 19.2 Å². The molecule has 0 unspecified atom stereocenters. The van der Waals surface area contributed by atoms with Crippen molar-refractivity contribution in [1.29, 1.82) is 0 Å². The Balaban J connectivity index is 2.44. The van der Waals surface area contributed by atoms with Crippen molar-refractivity contribution in [2.24, 2.45) is 0 Å². The van der Waals surface area contributed by atoms with E-state index in [9.17, 15) is 19.2 Å². The van der Waals surface area contributed by atoms with Crippen molar-refractivity contribution in [3.05, 3.63) is 20.4 Å². The molecule has 0 bridgehead atoms. The molecule has 3 N–H and O–H groups in total. The molecule has 302 valence electrons. The Labute approximate surface area is 316 Å². The number of carbonyl (C=O) groups excluding carboxylic acids is 2. The van der Waals surface area contributed by atoms with E-state index in [1.807, 2.05) is 0 Å². The second kappa shape index (κ2) is 33.1. The van der Waals surface area contributed by atoms with Gasteiger partial charge in [-0.05, 0) is 51.4 Å². The first-order valence-electron chi connectivity index (χ1n) is 21.4. The summed E-state index contributed by atoms with van der Waals surface area (Å²) >= 11 is 0. The number of ether oxygens (including phenoxy) is 1. The number of hydroxylamine groups is 2. The Morgan fingerprint density at radius 2 is 0.981 bits per heavy atom. The molecule has 0 aromatic heterocycles. The first kappa shape index (κ1) is 47.6. The van der Waals surface area contributed by atoms with Gasteiger partial charge in [0.15, 0.2) is 0 Å². The minimum absolute atomic E-state index is 0.0524. The molecule has 0 radical (unpaired) electrons. The van der Waals surface area contributed by atoms with Crippen LogP contribution >= 0.6 is 0 Å². The van der Waals surface area contributed by atoms with Crippen LogP contribution in [-0.2, 0) is 19.2 Å². The van der Waals surface area contributed by atoms with Crippen LogP contribution in [0.1, 0.15) is 194 Å². The maximum atomic E-state index is 12.8. The van der Waals surface area contributed by atoms with Crippen LogP contribution in [0.25, 0.3) is 0 Å². The molecule has 10 nitrogen and oxygen atoms in total. The largest absolute Gasteiger partial charge is 0.462 e. The minimum Gasteiger partial charge on any atom is -0.462 e. The van der Waals surface area contributed by atoms with Gasteiger partial charge in [0.2, 0.25) is 0 Å². The number of hydrogen-bond acceptors (Lipinski definition) is 10. The number of nitrogens with zero attached hydrogens (tertiary/aromatic N) is 1. The van der Waals surface area contributed by atoms with Crippen molar-refractivity contribution in [1.82, 2.24) is 5.06 Å². The van der Waals surface area contributed by atoms with Crippen molar-refractivity contribution in [3.8, 4) is 0 Å². The van der Waals surface area contributed by atoms with Gasteiger partial charge in [0.05, 0.1) is 6.61 Å². The predicted molar refractivity (Wildman–Crippen MR) is 215 cm³/mol. The number of rotatable bonds is 38. The Kier molecular flexibility index (Phi) is 30.3. The van der Waals surface area contributed by atoms with E-state index in [2.05, 4.69) is 31.4 Å². The molecule has 0 aliphatic heterocycles. The van der Waals surface area contributed by atoms with Crippen molar-refractivity contribution in [3.63, 3.8) is 0 Å². The highest BCUT2D eigenvalue weighted by Gasteiger charge is 2.20. The lowest BCUT2D eigenvalue weighted by molar-refractivity contribution is -0.191. The van der Waals surface area contributed by atoms with Gasteiger partial charge in [0.25, 0.3) is 10.9 Å². The molecule has 0 fully saturated rings. The normalized spacial score (nSPS) is 11.5. The van der Waals surface area contributed by atoms with Crippen LogP contribution in [0, 0.1) is 0 Å². The zero-order valence-corrected chi connectivity index (χ0v) is 33.5. The van der Waals surface area contributed by atoms with E-state index in [-0.39, 0.29) is 42.6 Å². The number of anilines is 2. The van der Waals surface area contributed by atoms with Crippen molar-refractivity contribution in [2.75, 3.05) is 43.4 Å². The summed E-state index contributed by atoms with van der Waals surface area (Å²) in [6.07, 6.45) is 28.5. The van der Waals surface area contributed by atoms with E-state index in [1.165, 1.54) is 70.6 Å². The van der Waals surface area contributed by atoms with Crippen LogP contribution in [0.5, 0.6) is 0 Å². The predicted octanol–water partition coefficient (Wildman–Crippen LogP) is 9.36. The molecule has 0 atom stereocenters. The Morgan fingerprint density at radius 1 is 0.558 bits per heavy atom. The SMILES string of the molecule is CCCCCCCCC(CCCCCCCC)OC(=O)CCCCCCCN(CCCNc1c(NCCO)c(=O)c1=O)OC(=O)CCCCCCC. The maximum absolute atomic E-state index is 12.8. The highest BCUT2D eigenvalue weighted by atomic mass is 16.7. The third kappa shape index (κ3) is 24.0. The van der Waals surface area contributed by atoms with E-state index in [1.54, 1.807) is 5.06 Å². The van der Waals surface area contributed by atoms with Crippen molar-refractivity contribution >= 4 is 23.3 Å². The van der Waals surface area contributed by atoms with E-state index < -0.39 is 10.9 Å². The number of aliphatic hydroxyl groups is 1. The zero-order chi connectivity index (χ0) is 38.1. The molecule has 0 heterocycles. The fraction of sp³-hybridized carbons (Fsp3) is 0.857. The summed E-state index contributed by atoms with van der Waals surface area (Å²) in [6, 6.07) is 0. The number of esters is 1. The van der Waals surface area contributed by atoms with Gasteiger partial charge in [-0.1, -0.05) is 130 Å². The fourth-order valence-corrected chi connectivity index (χ4v) is 6.54. The standard InChI is InChI=1S/C42H77N3O7/c1-4-7-10-13-17-21-27-36(28-22-18-14-11-8-5-2)51-37(47)29-23-19-15-20-25-33-45(52-38(48)30-24-16-12-9-6-3)34-26-31-43-39-40(44-32-35-46)42(50)41(39)49/h36,43-44,46H,4-35H2,1-3H3. The van der Waals surface area contributed by atoms with Gasteiger partial charge in [-0.15, -0.1) is 5.06 Å². The molecule has 0 aliphatic carbocycles. The highest BCUT2D eigenvalue weighted by Crippen LogP contribution is 2.19. The number of aliphatic hydroxyl groups excluding tert-OH is 1. The molecule has 0 amide bonds. The summed E-state index contributed by atoms with van der Waals surface area (Å²) in [5.41, 5.74) is -0.649. The zero-order valence-electron chi connectivity index (χ0n) is 33.5. The van der Waals surface area contributed by atoms with Crippen molar-refractivity contribution in [2.45, 2.75) is 200 Å². The molecule has 1 rings (SSSR count). The maximum Gasteiger partial charge on any atom is 0.325 e. The van der Waals surface area contributed by atoms with Gasteiger partial charge in [0.1, 0.15) is 17.5 Å². The minimum atomic E-state index is -0.571. The molecule has 0 spiro atoms. The van der Waals surface area contributed by atoms with Crippen LogP contribution in [0.3, 0.4) is 0 Å². The lowest BCUT2D eigenvalue weighted by atomic mass is 10.0. The van der Waals surface area contributed by atoms with Crippen molar-refractivity contribution < 1.29 is 24.3 Å². The van der Waals surface area contributed by atoms with E-state index in [0.29, 0.717) is 38.9 Å². The van der Waals surface area contributed by atoms with Gasteiger partial charge >= 0.3 is 11.9 Å². The van der Waals surface area contributed by atoms with Crippen LogP contribution in [0.2, 0.25) is 0 Å². The number of carbonyl (C=O) groups is 2. The van der Waals surface area contributed by atoms with Crippen LogP contribution in [0.4, 0.5) is 11.4 Å². The Hall–Kier alpha value is -2.46. The lowest BCUT2D eigenvalue weighted by Gasteiger charge is -2.22. The molecular formula is C42H77N3O7. The summed E-state index contributed by atoms with van der Waals surface area (Å²) in [7, 11) is 0. The summed E-state index contributed by atoms with van der Waals surface area (Å²) in [5.74, 6) is -0.268. The van der Waals surface area contributed by atoms with Crippen LogP contribution in [0.15, 0.2) is 9.59 Å². The molecule has 52 heavy (non-hydrogen) atoms. The molecule has 1 aromatic rings. The van der Waals surface area contributed by atoms with Gasteiger partial charge < -0.3 is 25.3 Å². The summed E-state index contributed by atoms with van der Waals surface area (Å²) in [6.45, 7) is 8.28. The van der Waals surface area contributed by atoms with E-state index >= 15 is 0 Å². The average Bonchev–Trinajstić information content (AvgIpc) is 3.14. The average molecular weight is 736 g/mol. The molecule has 0 saturated heterocycles. The summed E-state index contributed by atoms with van der Waals surface area (Å²) < 4.78 is 6.00. The smallest absolute Gasteiger partial charge is 0.325 e. The number of nitrogens with one attached hydrogen (secondary N) is 2.